The predicted octanol–water partition coefficient (Wildman–Crippen LogP) is 5.58. The van der Waals surface area contributed by atoms with E-state index in [2.05, 4.69) is 43.5 Å². The van der Waals surface area contributed by atoms with Gasteiger partial charge in [-0.05, 0) is 81.3 Å². The minimum absolute atomic E-state index is 0.266. The van der Waals surface area contributed by atoms with Gasteiger partial charge in [0.05, 0.1) is 27.1 Å². The van der Waals surface area contributed by atoms with Crippen molar-refractivity contribution in [1.29, 1.82) is 0 Å². The molecule has 2 nitrogen and oxygen atoms in total. The Labute approximate surface area is 148 Å². The van der Waals surface area contributed by atoms with E-state index in [1.807, 2.05) is 29.7 Å². The zero-order valence-electron chi connectivity index (χ0n) is 11.0. The normalized spacial score (nSPS) is 11.3. The molecule has 0 saturated heterocycles. The number of fused-ring (bicyclic) bond motifs is 1. The van der Waals surface area contributed by atoms with Gasteiger partial charge in [-0.25, -0.2) is 9.37 Å². The number of benzene rings is 2. The highest BCUT2D eigenvalue weighted by Gasteiger charge is 2.15. The Morgan fingerprint density at radius 1 is 1.33 bits per heavy atom. The first kappa shape index (κ1) is 15.2. The fourth-order valence-electron chi connectivity index (χ4n) is 2.34. The minimum atomic E-state index is -0.302. The van der Waals surface area contributed by atoms with E-state index in [0.29, 0.717) is 10.3 Å². The monoisotopic (exact) mass is 478 g/mol. The van der Waals surface area contributed by atoms with E-state index in [0.717, 1.165) is 25.9 Å². The summed E-state index contributed by atoms with van der Waals surface area (Å²) in [6, 6.07) is 9.26. The van der Waals surface area contributed by atoms with E-state index in [1.165, 1.54) is 6.07 Å². The zero-order chi connectivity index (χ0) is 15.1. The quantitative estimate of drug-likeness (QED) is 0.347. The summed E-state index contributed by atoms with van der Waals surface area (Å²) < 4.78 is 17.4. The van der Waals surface area contributed by atoms with Gasteiger partial charge >= 0.3 is 0 Å². The number of alkyl halides is 1. The van der Waals surface area contributed by atoms with E-state index in [4.69, 9.17) is 11.6 Å². The van der Waals surface area contributed by atoms with Crippen molar-refractivity contribution >= 4 is 61.2 Å². The summed E-state index contributed by atoms with van der Waals surface area (Å²) in [6.07, 6.45) is 0. The van der Waals surface area contributed by atoms with Gasteiger partial charge in [0, 0.05) is 3.57 Å². The van der Waals surface area contributed by atoms with Crippen molar-refractivity contribution in [2.75, 3.05) is 0 Å². The maximum atomic E-state index is 13.9. The van der Waals surface area contributed by atoms with E-state index in [9.17, 15) is 4.39 Å². The average Bonchev–Trinajstić information content (AvgIpc) is 2.80. The second kappa shape index (κ2) is 5.85. The lowest BCUT2D eigenvalue weighted by molar-refractivity contribution is 0.619. The third-order valence-corrected chi connectivity index (χ3v) is 4.80. The van der Waals surface area contributed by atoms with Gasteiger partial charge in [-0.1, -0.05) is 0 Å². The number of imidazole rings is 1. The second-order valence-corrected chi connectivity index (χ2v) is 7.05. The summed E-state index contributed by atoms with van der Waals surface area (Å²) in [7, 11) is 0. The summed E-state index contributed by atoms with van der Waals surface area (Å²) in [5, 5.41) is 0. The van der Waals surface area contributed by atoms with E-state index in [-0.39, 0.29) is 11.7 Å². The molecule has 0 amide bonds. The number of hydrogen-bond acceptors (Lipinski definition) is 1. The standard InChI is InChI=1S/C15H10BrClFIN2/c1-8-4-10(16)11(18)6-14(8)21-13-3-2-9(19)5-12(13)20-15(21)7-17/h2-6H,7H2,1H3. The molecule has 0 radical (unpaired) electrons. The molecule has 21 heavy (non-hydrogen) atoms. The first-order valence-corrected chi connectivity index (χ1v) is 8.60. The molecular formula is C15H10BrClFIN2. The van der Waals surface area contributed by atoms with Crippen LogP contribution in [0.3, 0.4) is 0 Å². The molecule has 1 aromatic heterocycles. The van der Waals surface area contributed by atoms with Crippen LogP contribution in [0, 0.1) is 16.3 Å². The molecule has 0 aliphatic heterocycles. The Kier molecular flexibility index (Phi) is 4.25. The third kappa shape index (κ3) is 2.71. The van der Waals surface area contributed by atoms with Gasteiger partial charge in [-0.2, -0.15) is 0 Å². The fraction of sp³-hybridized carbons (Fsp3) is 0.133. The summed E-state index contributed by atoms with van der Waals surface area (Å²) in [6.45, 7) is 1.94. The molecule has 1 heterocycles. The SMILES string of the molecule is Cc1cc(Br)c(F)cc1-n1c(CCl)nc2cc(I)ccc21. The Morgan fingerprint density at radius 3 is 2.81 bits per heavy atom. The molecule has 0 saturated carbocycles. The van der Waals surface area contributed by atoms with Crippen molar-refractivity contribution in [1.82, 2.24) is 9.55 Å². The molecule has 0 fully saturated rings. The number of aryl methyl sites for hydroxylation is 1. The minimum Gasteiger partial charge on any atom is -0.295 e. The van der Waals surface area contributed by atoms with Crippen LogP contribution in [0.5, 0.6) is 0 Å². The zero-order valence-corrected chi connectivity index (χ0v) is 15.5. The lowest BCUT2D eigenvalue weighted by Crippen LogP contribution is -2.02. The molecule has 0 unspecified atom stereocenters. The number of hydrogen-bond donors (Lipinski definition) is 0. The Morgan fingerprint density at radius 2 is 2.10 bits per heavy atom. The van der Waals surface area contributed by atoms with Crippen LogP contribution in [0.15, 0.2) is 34.8 Å². The van der Waals surface area contributed by atoms with Crippen molar-refractivity contribution < 1.29 is 4.39 Å². The van der Waals surface area contributed by atoms with Gasteiger partial charge < -0.3 is 0 Å². The predicted molar refractivity (Wildman–Crippen MR) is 95.7 cm³/mol. The van der Waals surface area contributed by atoms with Crippen LogP contribution < -0.4 is 0 Å². The van der Waals surface area contributed by atoms with Crippen LogP contribution >= 0.6 is 50.1 Å². The lowest BCUT2D eigenvalue weighted by atomic mass is 10.2. The van der Waals surface area contributed by atoms with Crippen LogP contribution in [-0.2, 0) is 5.88 Å². The maximum absolute atomic E-state index is 13.9. The number of halogens is 4. The first-order chi connectivity index (χ1) is 10.0. The summed E-state index contributed by atoms with van der Waals surface area (Å²) >= 11 is 11.5. The highest BCUT2D eigenvalue weighted by molar-refractivity contribution is 14.1. The van der Waals surface area contributed by atoms with Crippen LogP contribution in [0.2, 0.25) is 0 Å². The molecule has 0 aliphatic carbocycles. The van der Waals surface area contributed by atoms with Gasteiger partial charge in [0.1, 0.15) is 11.6 Å². The van der Waals surface area contributed by atoms with Crippen LogP contribution in [-0.4, -0.2) is 9.55 Å². The van der Waals surface area contributed by atoms with Gasteiger partial charge in [0.15, 0.2) is 0 Å². The Hall–Kier alpha value is -0.660. The summed E-state index contributed by atoms with van der Waals surface area (Å²) in [5.41, 5.74) is 3.50. The summed E-state index contributed by atoms with van der Waals surface area (Å²) in [4.78, 5) is 4.55. The molecule has 0 bridgehead atoms. The molecule has 108 valence electrons. The molecule has 3 rings (SSSR count). The lowest BCUT2D eigenvalue weighted by Gasteiger charge is -2.12. The number of rotatable bonds is 2. The Balaban J connectivity index is 2.36. The van der Waals surface area contributed by atoms with E-state index < -0.39 is 0 Å². The molecule has 6 heteroatoms. The number of nitrogens with zero attached hydrogens (tertiary/aromatic N) is 2. The van der Waals surface area contributed by atoms with Crippen molar-refractivity contribution in [3.63, 3.8) is 0 Å². The van der Waals surface area contributed by atoms with Crippen LogP contribution in [0.4, 0.5) is 4.39 Å². The molecule has 0 N–H and O–H groups in total. The van der Waals surface area contributed by atoms with Crippen LogP contribution in [0.1, 0.15) is 11.4 Å². The van der Waals surface area contributed by atoms with Gasteiger partial charge in [0.25, 0.3) is 0 Å². The highest BCUT2D eigenvalue weighted by Crippen LogP contribution is 2.29. The highest BCUT2D eigenvalue weighted by atomic mass is 127. The second-order valence-electron chi connectivity index (χ2n) is 4.68. The average molecular weight is 480 g/mol. The maximum Gasteiger partial charge on any atom is 0.139 e. The van der Waals surface area contributed by atoms with Gasteiger partial charge in [-0.3, -0.25) is 4.57 Å². The molecular weight excluding hydrogens is 469 g/mol. The first-order valence-electron chi connectivity index (χ1n) is 6.20. The Bertz CT molecular complexity index is 847. The van der Waals surface area contributed by atoms with E-state index in [1.54, 1.807) is 6.07 Å². The molecule has 0 spiro atoms. The molecule has 0 atom stereocenters. The smallest absolute Gasteiger partial charge is 0.139 e. The largest absolute Gasteiger partial charge is 0.295 e. The third-order valence-electron chi connectivity index (χ3n) is 3.29. The molecule has 0 aliphatic rings. The topological polar surface area (TPSA) is 17.8 Å². The van der Waals surface area contributed by atoms with Crippen molar-refractivity contribution in [3.8, 4) is 5.69 Å². The fourth-order valence-corrected chi connectivity index (χ4v) is 3.45. The van der Waals surface area contributed by atoms with Crippen molar-refractivity contribution in [2.24, 2.45) is 0 Å². The van der Waals surface area contributed by atoms with E-state index >= 15 is 0 Å². The van der Waals surface area contributed by atoms with Crippen molar-refractivity contribution in [3.05, 3.63) is 55.6 Å². The summed E-state index contributed by atoms with van der Waals surface area (Å²) in [5.74, 6) is 0.671. The molecule has 2 aromatic carbocycles. The van der Waals surface area contributed by atoms with Crippen molar-refractivity contribution in [2.45, 2.75) is 12.8 Å². The van der Waals surface area contributed by atoms with Gasteiger partial charge in [-0.15, -0.1) is 11.6 Å². The number of aromatic nitrogens is 2. The van der Waals surface area contributed by atoms with Crippen LogP contribution in [0.25, 0.3) is 16.7 Å². The van der Waals surface area contributed by atoms with Gasteiger partial charge in [0.2, 0.25) is 0 Å². The molecule has 3 aromatic rings.